The smallest absolute Gasteiger partial charge is 0.389 e. The molecular weight excluding hydrogens is 256 g/mol. The normalized spacial score (nSPS) is 11.3. The fraction of sp³-hybridized carbons (Fsp3) is 0.364. The number of halogens is 4. The minimum absolute atomic E-state index is 0.254. The molecule has 0 aromatic heterocycles. The van der Waals surface area contributed by atoms with Crippen LogP contribution in [0.1, 0.15) is 23.2 Å². The van der Waals surface area contributed by atoms with Gasteiger partial charge < -0.3 is 9.84 Å². The molecule has 1 aromatic carbocycles. The number of rotatable bonds is 5. The van der Waals surface area contributed by atoms with E-state index in [1.54, 1.807) is 0 Å². The van der Waals surface area contributed by atoms with Crippen molar-refractivity contribution in [3.05, 3.63) is 29.6 Å². The van der Waals surface area contributed by atoms with E-state index in [0.29, 0.717) is 0 Å². The van der Waals surface area contributed by atoms with E-state index in [1.165, 1.54) is 0 Å². The minimum atomic E-state index is -4.27. The Morgan fingerprint density at radius 2 is 2.00 bits per heavy atom. The van der Waals surface area contributed by atoms with E-state index in [1.807, 2.05) is 0 Å². The molecule has 0 aliphatic carbocycles. The van der Waals surface area contributed by atoms with E-state index in [-0.39, 0.29) is 24.3 Å². The molecule has 0 amide bonds. The van der Waals surface area contributed by atoms with Gasteiger partial charge in [-0.3, -0.25) is 0 Å². The summed E-state index contributed by atoms with van der Waals surface area (Å²) in [4.78, 5) is 10.5. The number of ether oxygens (including phenoxy) is 1. The van der Waals surface area contributed by atoms with E-state index in [4.69, 9.17) is 9.84 Å². The van der Waals surface area contributed by atoms with Crippen LogP contribution in [0, 0.1) is 5.82 Å². The Balaban J connectivity index is 2.51. The standard InChI is InChI=1S/C11H10F4O3/c12-8-6-7(10(16)17)2-3-9(8)18-5-1-4-11(13,14)15/h2-3,6H,1,4-5H2,(H,16,17). The molecule has 0 unspecified atom stereocenters. The predicted molar refractivity (Wildman–Crippen MR) is 54.1 cm³/mol. The summed E-state index contributed by atoms with van der Waals surface area (Å²) in [5.41, 5.74) is -0.254. The Morgan fingerprint density at radius 1 is 1.33 bits per heavy atom. The van der Waals surface area contributed by atoms with Gasteiger partial charge in [-0.15, -0.1) is 0 Å². The minimum Gasteiger partial charge on any atom is -0.491 e. The maximum Gasteiger partial charge on any atom is 0.389 e. The van der Waals surface area contributed by atoms with Crippen LogP contribution >= 0.6 is 0 Å². The molecule has 0 aliphatic rings. The van der Waals surface area contributed by atoms with Gasteiger partial charge in [0.25, 0.3) is 0 Å². The van der Waals surface area contributed by atoms with Crippen LogP contribution in [0.5, 0.6) is 5.75 Å². The van der Waals surface area contributed by atoms with Crippen LogP contribution in [0.15, 0.2) is 18.2 Å². The lowest BCUT2D eigenvalue weighted by atomic mass is 10.2. The molecule has 100 valence electrons. The molecule has 18 heavy (non-hydrogen) atoms. The number of benzene rings is 1. The zero-order valence-electron chi connectivity index (χ0n) is 9.13. The molecular formula is C11H10F4O3. The van der Waals surface area contributed by atoms with Crippen molar-refractivity contribution < 1.29 is 32.2 Å². The number of aromatic carboxylic acids is 1. The summed E-state index contributed by atoms with van der Waals surface area (Å²) in [7, 11) is 0. The highest BCUT2D eigenvalue weighted by molar-refractivity contribution is 5.87. The van der Waals surface area contributed by atoms with Crippen LogP contribution in [-0.4, -0.2) is 23.9 Å². The highest BCUT2D eigenvalue weighted by Gasteiger charge is 2.26. The molecule has 0 saturated carbocycles. The first kappa shape index (κ1) is 14.3. The first-order valence-corrected chi connectivity index (χ1v) is 5.02. The van der Waals surface area contributed by atoms with E-state index in [2.05, 4.69) is 0 Å². The summed E-state index contributed by atoms with van der Waals surface area (Å²) >= 11 is 0. The van der Waals surface area contributed by atoms with Gasteiger partial charge in [0.2, 0.25) is 0 Å². The molecule has 7 heteroatoms. The van der Waals surface area contributed by atoms with Gasteiger partial charge in [0, 0.05) is 6.42 Å². The van der Waals surface area contributed by atoms with E-state index >= 15 is 0 Å². The zero-order valence-corrected chi connectivity index (χ0v) is 9.13. The lowest BCUT2D eigenvalue weighted by Crippen LogP contribution is -2.10. The second-order valence-electron chi connectivity index (χ2n) is 3.52. The van der Waals surface area contributed by atoms with Gasteiger partial charge in [-0.1, -0.05) is 0 Å². The van der Waals surface area contributed by atoms with Gasteiger partial charge in [-0.05, 0) is 24.6 Å². The summed E-state index contributed by atoms with van der Waals surface area (Å²) in [5.74, 6) is -2.47. The second-order valence-corrected chi connectivity index (χ2v) is 3.52. The Hall–Kier alpha value is -1.79. The fourth-order valence-corrected chi connectivity index (χ4v) is 1.21. The van der Waals surface area contributed by atoms with Crippen molar-refractivity contribution in [2.75, 3.05) is 6.61 Å². The molecule has 3 nitrogen and oxygen atoms in total. The lowest BCUT2D eigenvalue weighted by molar-refractivity contribution is -0.136. The van der Waals surface area contributed by atoms with Crippen molar-refractivity contribution in [1.82, 2.24) is 0 Å². The Kier molecular flexibility index (Phi) is 4.52. The summed E-state index contributed by atoms with van der Waals surface area (Å²) < 4.78 is 53.5. The average molecular weight is 266 g/mol. The SMILES string of the molecule is O=C(O)c1ccc(OCCCC(F)(F)F)c(F)c1. The van der Waals surface area contributed by atoms with Gasteiger partial charge >= 0.3 is 12.1 Å². The molecule has 0 spiro atoms. The van der Waals surface area contributed by atoms with Crippen molar-refractivity contribution in [2.45, 2.75) is 19.0 Å². The van der Waals surface area contributed by atoms with E-state index < -0.39 is 24.4 Å². The third-order valence-corrected chi connectivity index (χ3v) is 2.04. The number of carboxylic acid groups (broad SMARTS) is 1. The molecule has 0 bridgehead atoms. The van der Waals surface area contributed by atoms with Crippen molar-refractivity contribution in [2.24, 2.45) is 0 Å². The van der Waals surface area contributed by atoms with Crippen molar-refractivity contribution in [3.63, 3.8) is 0 Å². The summed E-state index contributed by atoms with van der Waals surface area (Å²) in [6.45, 7) is -0.289. The topological polar surface area (TPSA) is 46.5 Å². The molecule has 0 radical (unpaired) electrons. The third kappa shape index (κ3) is 4.60. The van der Waals surface area contributed by atoms with Crippen molar-refractivity contribution in [3.8, 4) is 5.75 Å². The van der Waals surface area contributed by atoms with E-state index in [0.717, 1.165) is 18.2 Å². The number of hydrogen-bond donors (Lipinski definition) is 1. The van der Waals surface area contributed by atoms with Crippen molar-refractivity contribution >= 4 is 5.97 Å². The first-order valence-electron chi connectivity index (χ1n) is 5.02. The Labute approximate surface area is 100.0 Å². The maximum atomic E-state index is 13.3. The number of carbonyl (C=O) groups is 1. The molecule has 0 atom stereocenters. The van der Waals surface area contributed by atoms with Crippen LogP contribution in [0.2, 0.25) is 0 Å². The highest BCUT2D eigenvalue weighted by Crippen LogP contribution is 2.22. The molecule has 0 aliphatic heterocycles. The van der Waals surface area contributed by atoms with Crippen LogP contribution in [0.25, 0.3) is 0 Å². The lowest BCUT2D eigenvalue weighted by Gasteiger charge is -2.09. The highest BCUT2D eigenvalue weighted by atomic mass is 19.4. The van der Waals surface area contributed by atoms with E-state index in [9.17, 15) is 22.4 Å². The number of alkyl halides is 3. The largest absolute Gasteiger partial charge is 0.491 e. The number of carboxylic acids is 1. The zero-order chi connectivity index (χ0) is 13.8. The second kappa shape index (κ2) is 5.70. The summed E-state index contributed by atoms with van der Waals surface area (Å²) in [6, 6.07) is 2.94. The fourth-order valence-electron chi connectivity index (χ4n) is 1.21. The average Bonchev–Trinajstić information content (AvgIpc) is 2.24. The monoisotopic (exact) mass is 266 g/mol. The summed E-state index contributed by atoms with van der Waals surface area (Å²) in [6.07, 6.45) is -5.57. The molecule has 1 rings (SSSR count). The predicted octanol–water partition coefficient (Wildman–Crippen LogP) is 3.25. The van der Waals surface area contributed by atoms with Crippen LogP contribution in [0.4, 0.5) is 17.6 Å². The van der Waals surface area contributed by atoms with Gasteiger partial charge in [0.15, 0.2) is 11.6 Å². The van der Waals surface area contributed by atoms with Gasteiger partial charge in [0.05, 0.1) is 12.2 Å². The molecule has 1 N–H and O–H groups in total. The Bertz CT molecular complexity index is 429. The van der Waals surface area contributed by atoms with Crippen molar-refractivity contribution in [1.29, 1.82) is 0 Å². The van der Waals surface area contributed by atoms with Gasteiger partial charge in [0.1, 0.15) is 0 Å². The molecule has 0 saturated heterocycles. The Morgan fingerprint density at radius 3 is 2.50 bits per heavy atom. The third-order valence-electron chi connectivity index (χ3n) is 2.04. The van der Waals surface area contributed by atoms with Gasteiger partial charge in [-0.25, -0.2) is 9.18 Å². The summed E-state index contributed by atoms with van der Waals surface area (Å²) in [5, 5.41) is 8.57. The first-order chi connectivity index (χ1) is 8.29. The quantitative estimate of drug-likeness (QED) is 0.657. The van der Waals surface area contributed by atoms with Gasteiger partial charge in [-0.2, -0.15) is 13.2 Å². The number of hydrogen-bond acceptors (Lipinski definition) is 2. The molecule has 0 heterocycles. The van der Waals surface area contributed by atoms with Crippen LogP contribution in [0.3, 0.4) is 0 Å². The molecule has 1 aromatic rings. The maximum absolute atomic E-state index is 13.3. The van der Waals surface area contributed by atoms with Crippen LogP contribution in [-0.2, 0) is 0 Å². The van der Waals surface area contributed by atoms with Crippen LogP contribution < -0.4 is 4.74 Å². The molecule has 0 fully saturated rings.